The van der Waals surface area contributed by atoms with Gasteiger partial charge in [0.25, 0.3) is 0 Å². The van der Waals surface area contributed by atoms with E-state index >= 15 is 0 Å². The van der Waals surface area contributed by atoms with Gasteiger partial charge in [0.2, 0.25) is 6.41 Å². The van der Waals surface area contributed by atoms with Crippen molar-refractivity contribution in [1.82, 2.24) is 5.32 Å². The van der Waals surface area contributed by atoms with Crippen LogP contribution in [0.3, 0.4) is 0 Å². The molecule has 2 aromatic rings. The van der Waals surface area contributed by atoms with Crippen LogP contribution in [0.15, 0.2) is 53.1 Å². The van der Waals surface area contributed by atoms with Gasteiger partial charge in [-0.3, -0.25) is 4.79 Å². The van der Waals surface area contributed by atoms with Gasteiger partial charge in [-0.2, -0.15) is 5.26 Å². The van der Waals surface area contributed by atoms with E-state index in [0.29, 0.717) is 18.7 Å². The SMILES string of the molecule is C/C(=C1\Nc2ccccc2C1(C)C#N)c1cc(S)ccc1NC=O.CNCCCO. The molecule has 7 heteroatoms. The zero-order chi connectivity index (χ0) is 22.1. The van der Waals surface area contributed by atoms with Gasteiger partial charge in [-0.15, -0.1) is 12.6 Å². The third kappa shape index (κ3) is 5.03. The van der Waals surface area contributed by atoms with Gasteiger partial charge >= 0.3 is 0 Å². The third-order valence-electron chi connectivity index (χ3n) is 5.03. The van der Waals surface area contributed by atoms with Gasteiger partial charge in [0, 0.05) is 39.7 Å². The summed E-state index contributed by atoms with van der Waals surface area (Å²) in [5.41, 5.74) is 4.36. The number of aliphatic hydroxyl groups excluding tert-OH is 1. The Kier molecular flexibility index (Phi) is 8.48. The molecule has 30 heavy (non-hydrogen) atoms. The van der Waals surface area contributed by atoms with Crippen LogP contribution in [0, 0.1) is 11.3 Å². The molecule has 0 bridgehead atoms. The van der Waals surface area contributed by atoms with Crippen molar-refractivity contribution in [2.45, 2.75) is 30.6 Å². The Morgan fingerprint density at radius 2 is 2.07 bits per heavy atom. The lowest BCUT2D eigenvalue weighted by molar-refractivity contribution is -0.105. The summed E-state index contributed by atoms with van der Waals surface area (Å²) >= 11 is 4.40. The number of carbonyl (C=O) groups is 1. The average molecular weight is 425 g/mol. The summed E-state index contributed by atoms with van der Waals surface area (Å²) in [5.74, 6) is 0. The summed E-state index contributed by atoms with van der Waals surface area (Å²) in [6, 6.07) is 15.7. The van der Waals surface area contributed by atoms with E-state index in [0.717, 1.165) is 45.9 Å². The van der Waals surface area contributed by atoms with Crippen LogP contribution in [0.25, 0.3) is 5.57 Å². The lowest BCUT2D eigenvalue weighted by Gasteiger charge is -2.21. The molecule has 1 aliphatic heterocycles. The highest BCUT2D eigenvalue weighted by atomic mass is 32.1. The second kappa shape index (κ2) is 10.8. The molecule has 1 aliphatic rings. The number of aliphatic hydroxyl groups is 1. The van der Waals surface area contributed by atoms with E-state index in [1.165, 1.54) is 0 Å². The topological polar surface area (TPSA) is 97.2 Å². The van der Waals surface area contributed by atoms with Crippen LogP contribution < -0.4 is 16.0 Å². The normalized spacial score (nSPS) is 18.3. The number of amides is 1. The molecule has 0 fully saturated rings. The lowest BCUT2D eigenvalue weighted by Crippen LogP contribution is -2.21. The number of hydrogen-bond acceptors (Lipinski definition) is 6. The Hall–Kier alpha value is -2.79. The predicted octanol–water partition coefficient (Wildman–Crippen LogP) is 3.77. The molecule has 0 spiro atoms. The number of allylic oxidation sites excluding steroid dienone is 2. The highest BCUT2D eigenvalue weighted by Gasteiger charge is 2.40. The highest BCUT2D eigenvalue weighted by molar-refractivity contribution is 7.80. The Labute approximate surface area is 183 Å². The Morgan fingerprint density at radius 3 is 2.67 bits per heavy atom. The average Bonchev–Trinajstić information content (AvgIpc) is 3.07. The molecule has 2 aromatic carbocycles. The number of hydrogen-bond donors (Lipinski definition) is 5. The standard InChI is InChI=1S/C19H17N3OS.C4H11NO/c1-12(14-9-13(24)7-8-16(14)21-11-23)18-19(2,10-20)15-5-3-4-6-17(15)22-18;1-5-3-2-4-6/h3-9,11,22,24H,1-2H3,(H,21,23);5-6H,2-4H2,1H3/b18-12+;. The number of nitrogens with zero attached hydrogens (tertiary/aromatic N) is 1. The zero-order valence-corrected chi connectivity index (χ0v) is 18.4. The van der Waals surface area contributed by atoms with Crippen molar-refractivity contribution in [2.24, 2.45) is 0 Å². The molecule has 1 heterocycles. The highest BCUT2D eigenvalue weighted by Crippen LogP contribution is 2.46. The molecular weight excluding hydrogens is 396 g/mol. The number of rotatable bonds is 6. The molecule has 1 amide bonds. The minimum atomic E-state index is -0.772. The molecule has 1 atom stereocenters. The van der Waals surface area contributed by atoms with Crippen molar-refractivity contribution >= 4 is 36.0 Å². The number of nitrogens with one attached hydrogen (secondary N) is 3. The molecular formula is C23H28N4O2S. The summed E-state index contributed by atoms with van der Waals surface area (Å²) in [5, 5.41) is 27.0. The first kappa shape index (κ1) is 23.5. The smallest absolute Gasteiger partial charge is 0.211 e. The van der Waals surface area contributed by atoms with Crippen LogP contribution in [-0.2, 0) is 10.2 Å². The molecule has 0 saturated heterocycles. The van der Waals surface area contributed by atoms with Crippen molar-refractivity contribution in [2.75, 3.05) is 30.8 Å². The minimum absolute atomic E-state index is 0.292. The fourth-order valence-corrected chi connectivity index (χ4v) is 3.63. The maximum atomic E-state index is 10.9. The van der Waals surface area contributed by atoms with Gasteiger partial charge in [0.15, 0.2) is 0 Å². The van der Waals surface area contributed by atoms with E-state index in [-0.39, 0.29) is 0 Å². The molecule has 1 unspecified atom stereocenters. The van der Waals surface area contributed by atoms with Gasteiger partial charge in [0.05, 0.1) is 6.07 Å². The lowest BCUT2D eigenvalue weighted by atomic mass is 9.80. The van der Waals surface area contributed by atoms with Crippen LogP contribution in [0.1, 0.15) is 31.4 Å². The van der Waals surface area contributed by atoms with Crippen LogP contribution in [-0.4, -0.2) is 31.7 Å². The number of benzene rings is 2. The quantitative estimate of drug-likeness (QED) is 0.276. The van der Waals surface area contributed by atoms with Crippen molar-refractivity contribution in [3.63, 3.8) is 0 Å². The third-order valence-corrected chi connectivity index (χ3v) is 5.31. The monoisotopic (exact) mass is 424 g/mol. The number of anilines is 2. The first-order valence-corrected chi connectivity index (χ1v) is 10.2. The summed E-state index contributed by atoms with van der Waals surface area (Å²) < 4.78 is 0. The molecule has 4 N–H and O–H groups in total. The summed E-state index contributed by atoms with van der Waals surface area (Å²) in [6.07, 6.45) is 1.51. The molecule has 0 aliphatic carbocycles. The van der Waals surface area contributed by atoms with Crippen molar-refractivity contribution in [3.8, 4) is 6.07 Å². The van der Waals surface area contributed by atoms with Crippen molar-refractivity contribution in [3.05, 3.63) is 59.3 Å². The Balaban J connectivity index is 0.000000469. The Bertz CT molecular complexity index is 964. The van der Waals surface area contributed by atoms with Crippen molar-refractivity contribution < 1.29 is 9.90 Å². The molecule has 3 rings (SSSR count). The molecule has 0 saturated carbocycles. The van der Waals surface area contributed by atoms with Crippen molar-refractivity contribution in [1.29, 1.82) is 5.26 Å². The van der Waals surface area contributed by atoms with Crippen LogP contribution >= 0.6 is 12.6 Å². The van der Waals surface area contributed by atoms with Crippen LogP contribution in [0.5, 0.6) is 0 Å². The maximum Gasteiger partial charge on any atom is 0.211 e. The molecule has 6 nitrogen and oxygen atoms in total. The van der Waals surface area contributed by atoms with E-state index in [9.17, 15) is 10.1 Å². The van der Waals surface area contributed by atoms with Gasteiger partial charge in [0.1, 0.15) is 5.41 Å². The molecule has 158 valence electrons. The first-order valence-electron chi connectivity index (χ1n) is 9.71. The predicted molar refractivity (Wildman–Crippen MR) is 125 cm³/mol. The number of para-hydroxylation sites is 1. The Morgan fingerprint density at radius 1 is 1.33 bits per heavy atom. The zero-order valence-electron chi connectivity index (χ0n) is 17.5. The second-order valence-electron chi connectivity index (χ2n) is 7.08. The second-order valence-corrected chi connectivity index (χ2v) is 7.60. The van der Waals surface area contributed by atoms with Crippen LogP contribution in [0.4, 0.5) is 11.4 Å². The molecule has 0 aromatic heterocycles. The number of carbonyl (C=O) groups excluding carboxylic acids is 1. The van der Waals surface area contributed by atoms with Gasteiger partial charge < -0.3 is 21.1 Å². The largest absolute Gasteiger partial charge is 0.396 e. The summed E-state index contributed by atoms with van der Waals surface area (Å²) in [4.78, 5) is 11.7. The van der Waals surface area contributed by atoms with E-state index in [4.69, 9.17) is 5.11 Å². The van der Waals surface area contributed by atoms with Gasteiger partial charge in [-0.25, -0.2) is 0 Å². The summed E-state index contributed by atoms with van der Waals surface area (Å²) in [7, 11) is 1.87. The fraction of sp³-hybridized carbons (Fsp3) is 0.304. The van der Waals surface area contributed by atoms with E-state index < -0.39 is 5.41 Å². The maximum absolute atomic E-state index is 10.9. The minimum Gasteiger partial charge on any atom is -0.396 e. The van der Waals surface area contributed by atoms with E-state index in [2.05, 4.69) is 34.6 Å². The number of thiol groups is 1. The molecule has 0 radical (unpaired) electrons. The van der Waals surface area contributed by atoms with E-state index in [1.807, 2.05) is 63.4 Å². The van der Waals surface area contributed by atoms with Gasteiger partial charge in [-0.05, 0) is 63.7 Å². The van der Waals surface area contributed by atoms with Gasteiger partial charge in [-0.1, -0.05) is 18.2 Å². The van der Waals surface area contributed by atoms with Crippen LogP contribution in [0.2, 0.25) is 0 Å². The number of fused-ring (bicyclic) bond motifs is 1. The number of nitriles is 1. The fourth-order valence-electron chi connectivity index (χ4n) is 3.43. The van der Waals surface area contributed by atoms with E-state index in [1.54, 1.807) is 0 Å². The summed E-state index contributed by atoms with van der Waals surface area (Å²) in [6.45, 7) is 5.06. The first-order chi connectivity index (χ1) is 14.4.